The molecule has 27 heavy (non-hydrogen) atoms. The van der Waals surface area contributed by atoms with Gasteiger partial charge >= 0.3 is 0 Å². The zero-order valence-electron chi connectivity index (χ0n) is 15.2. The monoisotopic (exact) mass is 448 g/mol. The molecular weight excluding hydrogens is 428 g/mol. The van der Waals surface area contributed by atoms with Crippen LogP contribution in [-0.2, 0) is 14.8 Å². The third-order valence-electron chi connectivity index (χ3n) is 3.53. The highest BCUT2D eigenvalue weighted by Gasteiger charge is 2.20. The number of nitrogens with zero attached hydrogens (tertiary/aromatic N) is 3. The molecule has 0 saturated carbocycles. The molecule has 2 aromatic rings. The number of sulfonamides is 1. The minimum absolute atomic E-state index is 0.168. The van der Waals surface area contributed by atoms with E-state index in [0.29, 0.717) is 22.3 Å². The van der Waals surface area contributed by atoms with Crippen molar-refractivity contribution in [1.29, 1.82) is 0 Å². The van der Waals surface area contributed by atoms with Crippen molar-refractivity contribution in [3.05, 3.63) is 28.8 Å². The van der Waals surface area contributed by atoms with Gasteiger partial charge in [0.05, 0.1) is 11.9 Å². The van der Waals surface area contributed by atoms with Gasteiger partial charge in [0.2, 0.25) is 21.1 Å². The zero-order chi connectivity index (χ0) is 20.0. The molecule has 11 heteroatoms. The maximum atomic E-state index is 12.2. The van der Waals surface area contributed by atoms with E-state index in [1.165, 1.54) is 15.6 Å². The van der Waals surface area contributed by atoms with Gasteiger partial charge < -0.3 is 5.32 Å². The quantitative estimate of drug-likeness (QED) is 0.463. The smallest absolute Gasteiger partial charge is 0.232 e. The van der Waals surface area contributed by atoms with Gasteiger partial charge in [0, 0.05) is 18.0 Å². The number of halogens is 1. The first-order valence-electron chi connectivity index (χ1n) is 8.20. The zero-order valence-corrected chi connectivity index (χ0v) is 18.4. The van der Waals surface area contributed by atoms with Crippen molar-refractivity contribution in [2.24, 2.45) is 0 Å². The average Bonchev–Trinajstić information content (AvgIpc) is 3.00. The van der Waals surface area contributed by atoms with Crippen molar-refractivity contribution in [3.63, 3.8) is 0 Å². The van der Waals surface area contributed by atoms with Crippen LogP contribution in [0.1, 0.15) is 25.3 Å². The molecule has 0 fully saturated rings. The Bertz CT molecular complexity index is 902. The van der Waals surface area contributed by atoms with Crippen LogP contribution < -0.4 is 9.62 Å². The van der Waals surface area contributed by atoms with Gasteiger partial charge in [-0.25, -0.2) is 8.42 Å². The molecule has 0 unspecified atom stereocenters. The summed E-state index contributed by atoms with van der Waals surface area (Å²) in [6, 6.07) is 5.09. The highest BCUT2D eigenvalue weighted by Crippen LogP contribution is 2.27. The van der Waals surface area contributed by atoms with Crippen LogP contribution in [0.2, 0.25) is 5.02 Å². The van der Waals surface area contributed by atoms with Crippen LogP contribution in [-0.4, -0.2) is 43.1 Å². The number of hydrogen-bond donors (Lipinski definition) is 1. The Morgan fingerprint density at radius 2 is 2.11 bits per heavy atom. The van der Waals surface area contributed by atoms with Gasteiger partial charge in [-0.1, -0.05) is 47.7 Å². The summed E-state index contributed by atoms with van der Waals surface area (Å²) >= 11 is 8.89. The molecular formula is C16H21ClN4O3S3. The van der Waals surface area contributed by atoms with Crippen molar-refractivity contribution in [2.45, 2.75) is 31.0 Å². The van der Waals surface area contributed by atoms with Gasteiger partial charge in [-0.2, -0.15) is 0 Å². The first kappa shape index (κ1) is 21.9. The minimum Gasteiger partial charge on any atom is -0.301 e. The summed E-state index contributed by atoms with van der Waals surface area (Å²) in [6.07, 6.45) is 1.67. The van der Waals surface area contributed by atoms with Crippen LogP contribution in [0.15, 0.2) is 22.5 Å². The third-order valence-corrected chi connectivity index (χ3v) is 6.80. The summed E-state index contributed by atoms with van der Waals surface area (Å²) in [5.41, 5.74) is 1.32. The summed E-state index contributed by atoms with van der Waals surface area (Å²) in [5, 5.41) is 11.5. The SMILES string of the molecule is CCSc1nnc(NC(=O)CCCN(c2cc(Cl)ccc2C)S(C)(=O)=O)s1. The van der Waals surface area contributed by atoms with Crippen LogP contribution in [0.5, 0.6) is 0 Å². The van der Waals surface area contributed by atoms with Gasteiger partial charge in [-0.3, -0.25) is 9.10 Å². The van der Waals surface area contributed by atoms with Crippen molar-refractivity contribution < 1.29 is 13.2 Å². The molecule has 1 aromatic carbocycles. The summed E-state index contributed by atoms with van der Waals surface area (Å²) in [4.78, 5) is 12.1. The van der Waals surface area contributed by atoms with Crippen molar-refractivity contribution >= 4 is 61.4 Å². The van der Waals surface area contributed by atoms with Crippen LogP contribution in [0.4, 0.5) is 10.8 Å². The molecule has 1 heterocycles. The Hall–Kier alpha value is -1.36. The molecule has 0 atom stereocenters. The van der Waals surface area contributed by atoms with Crippen LogP contribution in [0.3, 0.4) is 0 Å². The molecule has 0 spiro atoms. The second-order valence-electron chi connectivity index (χ2n) is 5.72. The second-order valence-corrected chi connectivity index (χ2v) is 10.6. The molecule has 1 aromatic heterocycles. The number of anilines is 2. The van der Waals surface area contributed by atoms with E-state index in [2.05, 4.69) is 15.5 Å². The van der Waals surface area contributed by atoms with Gasteiger partial charge in [-0.15, -0.1) is 10.2 Å². The summed E-state index contributed by atoms with van der Waals surface area (Å²) in [7, 11) is -3.50. The maximum absolute atomic E-state index is 12.2. The van der Waals surface area contributed by atoms with Gasteiger partial charge in [0.15, 0.2) is 4.34 Å². The van der Waals surface area contributed by atoms with Crippen molar-refractivity contribution in [3.8, 4) is 0 Å². The number of carbonyl (C=O) groups excluding carboxylic acids is 1. The lowest BCUT2D eigenvalue weighted by Crippen LogP contribution is -2.32. The summed E-state index contributed by atoms with van der Waals surface area (Å²) in [5.74, 6) is 0.655. The summed E-state index contributed by atoms with van der Waals surface area (Å²) < 4.78 is 26.5. The van der Waals surface area contributed by atoms with Crippen molar-refractivity contribution in [2.75, 3.05) is 28.2 Å². The molecule has 1 N–H and O–H groups in total. The topological polar surface area (TPSA) is 92.3 Å². The molecule has 0 radical (unpaired) electrons. The Morgan fingerprint density at radius 3 is 2.78 bits per heavy atom. The number of aryl methyl sites for hydroxylation is 1. The Kier molecular flexibility index (Phi) is 7.90. The number of thioether (sulfide) groups is 1. The molecule has 0 aliphatic heterocycles. The lowest BCUT2D eigenvalue weighted by molar-refractivity contribution is -0.116. The number of rotatable bonds is 9. The Labute approximate surface area is 172 Å². The molecule has 148 valence electrons. The number of benzene rings is 1. The lowest BCUT2D eigenvalue weighted by Gasteiger charge is -2.24. The molecule has 7 nitrogen and oxygen atoms in total. The molecule has 1 amide bonds. The highest BCUT2D eigenvalue weighted by molar-refractivity contribution is 8.01. The largest absolute Gasteiger partial charge is 0.301 e. The third kappa shape index (κ3) is 6.63. The van der Waals surface area contributed by atoms with Gasteiger partial charge in [-0.05, 0) is 36.8 Å². The molecule has 0 aliphatic rings. The van der Waals surface area contributed by atoms with E-state index in [9.17, 15) is 13.2 Å². The van der Waals surface area contributed by atoms with E-state index in [4.69, 9.17) is 11.6 Å². The average molecular weight is 449 g/mol. The Balaban J connectivity index is 1.97. The van der Waals surface area contributed by atoms with Crippen LogP contribution >= 0.6 is 34.7 Å². The fourth-order valence-electron chi connectivity index (χ4n) is 2.32. The maximum Gasteiger partial charge on any atom is 0.232 e. The van der Waals surface area contributed by atoms with Crippen molar-refractivity contribution in [1.82, 2.24) is 10.2 Å². The first-order chi connectivity index (χ1) is 12.7. The number of carbonyl (C=O) groups is 1. The number of amides is 1. The number of nitrogens with one attached hydrogen (secondary N) is 1. The van der Waals surface area contributed by atoms with Gasteiger partial charge in [0.25, 0.3) is 0 Å². The van der Waals surface area contributed by atoms with E-state index < -0.39 is 10.0 Å². The van der Waals surface area contributed by atoms with E-state index >= 15 is 0 Å². The molecule has 0 saturated heterocycles. The van der Waals surface area contributed by atoms with E-state index in [1.807, 2.05) is 13.8 Å². The number of aromatic nitrogens is 2. The van der Waals surface area contributed by atoms with Crippen LogP contribution in [0, 0.1) is 6.92 Å². The normalized spacial score (nSPS) is 11.4. The molecule has 0 aliphatic carbocycles. The lowest BCUT2D eigenvalue weighted by atomic mass is 10.2. The predicted molar refractivity (Wildman–Crippen MR) is 113 cm³/mol. The van der Waals surface area contributed by atoms with E-state index in [1.54, 1.807) is 30.0 Å². The fraction of sp³-hybridized carbons (Fsp3) is 0.438. The number of hydrogen-bond acceptors (Lipinski definition) is 7. The first-order valence-corrected chi connectivity index (χ1v) is 12.2. The molecule has 0 bridgehead atoms. The van der Waals surface area contributed by atoms with E-state index in [0.717, 1.165) is 21.9 Å². The molecule has 2 rings (SSSR count). The van der Waals surface area contributed by atoms with Crippen LogP contribution in [0.25, 0.3) is 0 Å². The van der Waals surface area contributed by atoms with Gasteiger partial charge in [0.1, 0.15) is 0 Å². The highest BCUT2D eigenvalue weighted by atomic mass is 35.5. The van der Waals surface area contributed by atoms with E-state index in [-0.39, 0.29) is 18.9 Å². The predicted octanol–water partition coefficient (Wildman–Crippen LogP) is 3.80. The second kappa shape index (κ2) is 9.72. The fourth-order valence-corrected chi connectivity index (χ4v) is 5.17. The standard InChI is InChI=1S/C16H21ClN4O3S3/c1-4-25-16-20-19-15(26-16)18-14(22)6-5-9-21(27(3,23)24)13-10-12(17)8-7-11(13)2/h7-8,10H,4-6,9H2,1-3H3,(H,18,19,22). The minimum atomic E-state index is -3.50. The Morgan fingerprint density at radius 1 is 1.37 bits per heavy atom. The summed E-state index contributed by atoms with van der Waals surface area (Å²) in [6.45, 7) is 4.01.